The molecular weight excluding hydrogens is 240 g/mol. The van der Waals surface area contributed by atoms with E-state index in [2.05, 4.69) is 36.0 Å². The van der Waals surface area contributed by atoms with Crippen molar-refractivity contribution in [2.45, 2.75) is 45.7 Å². The largest absolute Gasteiger partial charge is 0.323 e. The lowest BCUT2D eigenvalue weighted by Gasteiger charge is -2.13. The number of aromatic nitrogens is 5. The third kappa shape index (κ3) is 2.84. The van der Waals surface area contributed by atoms with Crippen LogP contribution in [0.2, 0.25) is 0 Å². The molecule has 0 amide bonds. The summed E-state index contributed by atoms with van der Waals surface area (Å²) in [6, 6.07) is 0.203. The van der Waals surface area contributed by atoms with Gasteiger partial charge in [0.05, 0.1) is 5.69 Å². The molecule has 0 saturated carbocycles. The highest BCUT2D eigenvalue weighted by molar-refractivity contribution is 5.22. The number of hydrogen-bond acceptors (Lipinski definition) is 4. The molecule has 0 saturated heterocycles. The van der Waals surface area contributed by atoms with Crippen LogP contribution < -0.4 is 5.73 Å². The molecule has 0 aliphatic heterocycles. The third-order valence-corrected chi connectivity index (χ3v) is 3.21. The van der Waals surface area contributed by atoms with Crippen LogP contribution in [0, 0.1) is 0 Å². The fourth-order valence-corrected chi connectivity index (χ4v) is 2.30. The number of hydrogen-bond donors (Lipinski definition) is 1. The zero-order valence-corrected chi connectivity index (χ0v) is 12.0. The molecule has 2 rings (SSSR count). The molecule has 1 atom stereocenters. The minimum atomic E-state index is -0.0923. The van der Waals surface area contributed by atoms with Crippen molar-refractivity contribution in [3.63, 3.8) is 0 Å². The van der Waals surface area contributed by atoms with Gasteiger partial charge in [-0.15, -0.1) is 0 Å². The van der Waals surface area contributed by atoms with Gasteiger partial charge >= 0.3 is 0 Å². The summed E-state index contributed by atoms with van der Waals surface area (Å²) in [7, 11) is 1.92. The van der Waals surface area contributed by atoms with E-state index in [0.717, 1.165) is 23.5 Å². The smallest absolute Gasteiger partial charge is 0.138 e. The summed E-state index contributed by atoms with van der Waals surface area (Å²) in [5.41, 5.74) is 8.47. The van der Waals surface area contributed by atoms with Crippen LogP contribution in [0.15, 0.2) is 12.5 Å². The van der Waals surface area contributed by atoms with Gasteiger partial charge in [0.2, 0.25) is 0 Å². The van der Waals surface area contributed by atoms with Crippen molar-refractivity contribution in [3.05, 3.63) is 29.6 Å². The van der Waals surface area contributed by atoms with Crippen molar-refractivity contribution in [3.8, 4) is 0 Å². The van der Waals surface area contributed by atoms with E-state index in [4.69, 9.17) is 5.73 Å². The van der Waals surface area contributed by atoms with Gasteiger partial charge in [-0.2, -0.15) is 10.2 Å². The molecule has 2 aromatic heterocycles. The molecule has 0 aromatic carbocycles. The normalized spacial score (nSPS) is 13.2. The van der Waals surface area contributed by atoms with E-state index in [1.165, 1.54) is 0 Å². The highest BCUT2D eigenvalue weighted by Crippen LogP contribution is 2.19. The Morgan fingerprint density at radius 3 is 2.74 bits per heavy atom. The van der Waals surface area contributed by atoms with E-state index in [1.807, 2.05) is 22.6 Å². The maximum atomic E-state index is 6.31. The molecule has 0 aliphatic carbocycles. The average Bonchev–Trinajstić information content (AvgIpc) is 2.95. The fourth-order valence-electron chi connectivity index (χ4n) is 2.30. The summed E-state index contributed by atoms with van der Waals surface area (Å²) >= 11 is 0. The summed E-state index contributed by atoms with van der Waals surface area (Å²) in [5.74, 6) is 0.924. The maximum absolute atomic E-state index is 6.31. The fraction of sp³-hybridized carbons (Fsp3) is 0.615. The summed E-state index contributed by atoms with van der Waals surface area (Å²) < 4.78 is 3.74. The van der Waals surface area contributed by atoms with E-state index in [0.29, 0.717) is 12.5 Å². The third-order valence-electron chi connectivity index (χ3n) is 3.21. The molecular formula is C13H22N6. The molecule has 0 bridgehead atoms. The molecule has 0 spiro atoms. The topological polar surface area (TPSA) is 74.6 Å². The molecule has 2 aromatic rings. The molecule has 104 valence electrons. The lowest BCUT2D eigenvalue weighted by molar-refractivity contribution is 0.493. The highest BCUT2D eigenvalue weighted by atomic mass is 15.3. The number of rotatable bonds is 5. The quantitative estimate of drug-likeness (QED) is 0.883. The van der Waals surface area contributed by atoms with Crippen LogP contribution in [0.25, 0.3) is 0 Å². The molecule has 1 unspecified atom stereocenters. The van der Waals surface area contributed by atoms with E-state index in [1.54, 1.807) is 6.33 Å². The molecule has 6 heteroatoms. The van der Waals surface area contributed by atoms with Gasteiger partial charge in [-0.25, -0.2) is 9.67 Å². The van der Waals surface area contributed by atoms with Crippen molar-refractivity contribution >= 4 is 0 Å². The van der Waals surface area contributed by atoms with Crippen LogP contribution in [0.3, 0.4) is 0 Å². The first-order chi connectivity index (χ1) is 9.02. The standard InChI is InChI=1S/C13H22N6/c1-5-12-10(7-18(4)17-12)11(14)6-13-15-8-16-19(13)9(2)3/h7-9,11H,5-6,14H2,1-4H3. The number of nitrogens with two attached hydrogens (primary N) is 1. The Balaban J connectivity index is 2.20. The Labute approximate surface area is 113 Å². The van der Waals surface area contributed by atoms with Gasteiger partial charge in [-0.05, 0) is 20.3 Å². The van der Waals surface area contributed by atoms with Gasteiger partial charge in [0.25, 0.3) is 0 Å². The summed E-state index contributed by atoms with van der Waals surface area (Å²) in [6.45, 7) is 6.27. The Hall–Kier alpha value is -1.69. The SMILES string of the molecule is CCc1nn(C)cc1C(N)Cc1ncnn1C(C)C. The van der Waals surface area contributed by atoms with Gasteiger partial charge in [-0.3, -0.25) is 4.68 Å². The second kappa shape index (κ2) is 5.52. The van der Waals surface area contributed by atoms with Crippen LogP contribution in [-0.4, -0.2) is 24.5 Å². The molecule has 19 heavy (non-hydrogen) atoms. The number of aryl methyl sites for hydroxylation is 2. The first-order valence-electron chi connectivity index (χ1n) is 6.69. The molecule has 2 heterocycles. The van der Waals surface area contributed by atoms with Gasteiger partial charge in [-0.1, -0.05) is 6.92 Å². The second-order valence-electron chi connectivity index (χ2n) is 5.08. The van der Waals surface area contributed by atoms with Crippen molar-refractivity contribution in [2.24, 2.45) is 12.8 Å². The first kappa shape index (κ1) is 13.7. The Kier molecular flexibility index (Phi) is 3.99. The van der Waals surface area contributed by atoms with Gasteiger partial charge in [0, 0.05) is 37.3 Å². The summed E-state index contributed by atoms with van der Waals surface area (Å²) in [6.07, 6.45) is 5.16. The minimum absolute atomic E-state index is 0.0923. The highest BCUT2D eigenvalue weighted by Gasteiger charge is 2.18. The average molecular weight is 262 g/mol. The summed E-state index contributed by atoms with van der Waals surface area (Å²) in [5, 5.41) is 8.67. The Bertz CT molecular complexity index is 539. The Morgan fingerprint density at radius 2 is 2.11 bits per heavy atom. The van der Waals surface area contributed by atoms with Crippen molar-refractivity contribution in [1.82, 2.24) is 24.5 Å². The van der Waals surface area contributed by atoms with Crippen LogP contribution in [0.5, 0.6) is 0 Å². The van der Waals surface area contributed by atoms with Crippen molar-refractivity contribution < 1.29 is 0 Å². The molecule has 2 N–H and O–H groups in total. The lowest BCUT2D eigenvalue weighted by Crippen LogP contribution is -2.18. The van der Waals surface area contributed by atoms with Crippen LogP contribution in [-0.2, 0) is 19.9 Å². The first-order valence-corrected chi connectivity index (χ1v) is 6.69. The second-order valence-corrected chi connectivity index (χ2v) is 5.08. The van der Waals surface area contributed by atoms with E-state index in [-0.39, 0.29) is 6.04 Å². The maximum Gasteiger partial charge on any atom is 0.138 e. The summed E-state index contributed by atoms with van der Waals surface area (Å²) in [4.78, 5) is 4.31. The van der Waals surface area contributed by atoms with E-state index < -0.39 is 0 Å². The van der Waals surface area contributed by atoms with Crippen LogP contribution in [0.1, 0.15) is 49.9 Å². The van der Waals surface area contributed by atoms with E-state index >= 15 is 0 Å². The molecule has 0 radical (unpaired) electrons. The zero-order valence-electron chi connectivity index (χ0n) is 12.0. The van der Waals surface area contributed by atoms with Crippen LogP contribution >= 0.6 is 0 Å². The van der Waals surface area contributed by atoms with Gasteiger partial charge in [0.15, 0.2) is 0 Å². The molecule has 0 fully saturated rings. The predicted molar refractivity (Wildman–Crippen MR) is 73.6 cm³/mol. The monoisotopic (exact) mass is 262 g/mol. The number of nitrogens with zero attached hydrogens (tertiary/aromatic N) is 5. The zero-order chi connectivity index (χ0) is 14.0. The van der Waals surface area contributed by atoms with Crippen molar-refractivity contribution in [1.29, 1.82) is 0 Å². The Morgan fingerprint density at radius 1 is 1.37 bits per heavy atom. The molecule has 0 aliphatic rings. The van der Waals surface area contributed by atoms with Gasteiger partial charge < -0.3 is 5.73 Å². The van der Waals surface area contributed by atoms with Gasteiger partial charge in [0.1, 0.15) is 12.2 Å². The van der Waals surface area contributed by atoms with E-state index in [9.17, 15) is 0 Å². The predicted octanol–water partition coefficient (Wildman–Crippen LogP) is 1.40. The lowest BCUT2D eigenvalue weighted by atomic mass is 10.0. The minimum Gasteiger partial charge on any atom is -0.323 e. The molecule has 6 nitrogen and oxygen atoms in total. The van der Waals surface area contributed by atoms with Crippen molar-refractivity contribution in [2.75, 3.05) is 0 Å². The van der Waals surface area contributed by atoms with Crippen LogP contribution in [0.4, 0.5) is 0 Å².